The van der Waals surface area contributed by atoms with Gasteiger partial charge < -0.3 is 0 Å². The molecular weight excluding hydrogens is 359 g/mol. The fourth-order valence-corrected chi connectivity index (χ4v) is 4.05. The molecule has 1 aromatic rings. The van der Waals surface area contributed by atoms with Crippen LogP contribution < -0.4 is 0 Å². The van der Waals surface area contributed by atoms with Gasteiger partial charge in [-0.15, -0.1) is 0 Å². The number of benzene rings is 1. The van der Waals surface area contributed by atoms with Gasteiger partial charge in [0.2, 0.25) is 0 Å². The van der Waals surface area contributed by atoms with Crippen molar-refractivity contribution in [3.63, 3.8) is 0 Å². The summed E-state index contributed by atoms with van der Waals surface area (Å²) in [5, 5.41) is 1.53. The minimum Gasteiger partial charge on any atom is -0.207 e. The summed E-state index contributed by atoms with van der Waals surface area (Å²) in [6.07, 6.45) is 2.03. The van der Waals surface area contributed by atoms with Gasteiger partial charge in [0.25, 0.3) is 0 Å². The highest BCUT2D eigenvalue weighted by atomic mass is 79.9. The molecular formula is C15H21Br2F. The molecule has 0 unspecified atom stereocenters. The molecule has 3 heteroatoms. The zero-order valence-electron chi connectivity index (χ0n) is 11.3. The van der Waals surface area contributed by atoms with Gasteiger partial charge in [0.1, 0.15) is 5.82 Å². The van der Waals surface area contributed by atoms with Gasteiger partial charge in [0.15, 0.2) is 0 Å². The van der Waals surface area contributed by atoms with E-state index < -0.39 is 0 Å². The van der Waals surface area contributed by atoms with Crippen LogP contribution in [0.1, 0.15) is 39.2 Å². The molecule has 18 heavy (non-hydrogen) atoms. The van der Waals surface area contributed by atoms with Crippen molar-refractivity contribution in [1.29, 1.82) is 0 Å². The molecule has 0 fully saturated rings. The predicted octanol–water partition coefficient (Wildman–Crippen LogP) is 5.68. The molecule has 0 atom stereocenters. The Morgan fingerprint density at radius 1 is 1.00 bits per heavy atom. The third-order valence-corrected chi connectivity index (χ3v) is 5.46. The molecule has 0 saturated heterocycles. The molecule has 1 aromatic carbocycles. The predicted molar refractivity (Wildman–Crippen MR) is 84.4 cm³/mol. The Morgan fingerprint density at radius 2 is 1.56 bits per heavy atom. The molecule has 0 amide bonds. The first-order valence-electron chi connectivity index (χ1n) is 6.22. The highest BCUT2D eigenvalue weighted by Crippen LogP contribution is 2.38. The largest absolute Gasteiger partial charge is 0.207 e. The molecule has 0 saturated carbocycles. The molecule has 0 aliphatic rings. The first kappa shape index (κ1) is 16.2. The van der Waals surface area contributed by atoms with Crippen LogP contribution in [0.2, 0.25) is 0 Å². The van der Waals surface area contributed by atoms with E-state index in [1.54, 1.807) is 12.1 Å². The quantitative estimate of drug-likeness (QED) is 0.577. The van der Waals surface area contributed by atoms with E-state index in [1.807, 2.05) is 12.1 Å². The van der Waals surface area contributed by atoms with Gasteiger partial charge in [0, 0.05) is 16.1 Å². The van der Waals surface area contributed by atoms with Crippen molar-refractivity contribution in [3.05, 3.63) is 35.6 Å². The Balaban J connectivity index is 3.04. The van der Waals surface area contributed by atoms with E-state index in [0.29, 0.717) is 0 Å². The summed E-state index contributed by atoms with van der Waals surface area (Å²) in [5.74, 6) is -0.106. The molecule has 1 rings (SSSR count). The van der Waals surface area contributed by atoms with Gasteiger partial charge >= 0.3 is 0 Å². The van der Waals surface area contributed by atoms with Crippen molar-refractivity contribution >= 4 is 31.9 Å². The Hall–Kier alpha value is 0.110. The van der Waals surface area contributed by atoms with Gasteiger partial charge in [-0.1, -0.05) is 70.8 Å². The van der Waals surface area contributed by atoms with Crippen LogP contribution in [-0.4, -0.2) is 10.7 Å². The van der Waals surface area contributed by atoms with Crippen molar-refractivity contribution in [3.8, 4) is 0 Å². The maximum absolute atomic E-state index is 14.0. The molecule has 0 spiro atoms. The normalized spacial score (nSPS) is 12.8. The molecule has 0 N–H and O–H groups in total. The first-order chi connectivity index (χ1) is 8.34. The molecule has 0 aliphatic heterocycles. The summed E-state index contributed by atoms with van der Waals surface area (Å²) in [6.45, 7) is 6.67. The number of hydrogen-bond donors (Lipinski definition) is 0. The summed E-state index contributed by atoms with van der Waals surface area (Å²) in [7, 11) is 0. The van der Waals surface area contributed by atoms with Crippen LogP contribution in [-0.2, 0) is 5.41 Å². The topological polar surface area (TPSA) is 0 Å². The summed E-state index contributed by atoms with van der Waals surface area (Å²) >= 11 is 7.15. The van der Waals surface area contributed by atoms with Gasteiger partial charge in [-0.05, 0) is 29.9 Å². The standard InChI is InChI=1S/C15H21Br2F/c1-14(2,3)8-9-15(10-16,11-17)12-6-4-5-7-13(12)18/h4-7H,8-11H2,1-3H3. The van der Waals surface area contributed by atoms with E-state index in [2.05, 4.69) is 52.6 Å². The Kier molecular flexibility index (Phi) is 5.85. The fourth-order valence-electron chi connectivity index (χ4n) is 1.95. The molecule has 0 radical (unpaired) electrons. The monoisotopic (exact) mass is 378 g/mol. The average molecular weight is 380 g/mol. The maximum atomic E-state index is 14.0. The highest BCUT2D eigenvalue weighted by molar-refractivity contribution is 9.09. The summed E-state index contributed by atoms with van der Waals surface area (Å²) < 4.78 is 14.0. The van der Waals surface area contributed by atoms with Gasteiger partial charge in [-0.2, -0.15) is 0 Å². The minimum absolute atomic E-state index is 0.106. The molecule has 0 aliphatic carbocycles. The second-order valence-electron chi connectivity index (χ2n) is 6.09. The van der Waals surface area contributed by atoms with Crippen molar-refractivity contribution < 1.29 is 4.39 Å². The first-order valence-corrected chi connectivity index (χ1v) is 8.46. The van der Waals surface area contributed by atoms with E-state index in [1.165, 1.54) is 0 Å². The minimum atomic E-state index is -0.168. The van der Waals surface area contributed by atoms with E-state index in [-0.39, 0.29) is 16.6 Å². The zero-order chi connectivity index (χ0) is 13.8. The van der Waals surface area contributed by atoms with E-state index in [9.17, 15) is 4.39 Å². The molecule has 0 nitrogen and oxygen atoms in total. The molecule has 0 aromatic heterocycles. The van der Waals surface area contributed by atoms with Crippen molar-refractivity contribution in [2.75, 3.05) is 10.7 Å². The number of rotatable bonds is 5. The van der Waals surface area contributed by atoms with Gasteiger partial charge in [-0.3, -0.25) is 0 Å². The fraction of sp³-hybridized carbons (Fsp3) is 0.600. The SMILES string of the molecule is CC(C)(C)CCC(CBr)(CBr)c1ccccc1F. The lowest BCUT2D eigenvalue weighted by Crippen LogP contribution is -2.32. The average Bonchev–Trinajstić information content (AvgIpc) is 2.31. The maximum Gasteiger partial charge on any atom is 0.127 e. The Morgan fingerprint density at radius 3 is 2.00 bits per heavy atom. The molecule has 102 valence electrons. The molecule has 0 heterocycles. The number of alkyl halides is 2. The smallest absolute Gasteiger partial charge is 0.127 e. The van der Waals surface area contributed by atoms with Crippen molar-refractivity contribution in [2.24, 2.45) is 5.41 Å². The third-order valence-electron chi connectivity index (χ3n) is 3.31. The Labute approximate surface area is 127 Å². The van der Waals surface area contributed by atoms with Crippen molar-refractivity contribution in [2.45, 2.75) is 39.0 Å². The van der Waals surface area contributed by atoms with Crippen LogP contribution in [0.3, 0.4) is 0 Å². The Bertz CT molecular complexity index is 378. The lowest BCUT2D eigenvalue weighted by atomic mass is 9.75. The summed E-state index contributed by atoms with van der Waals surface area (Å²) in [6, 6.07) is 7.11. The number of halogens is 3. The van der Waals surface area contributed by atoms with E-state index >= 15 is 0 Å². The van der Waals surface area contributed by atoms with Gasteiger partial charge in [0.05, 0.1) is 0 Å². The second-order valence-corrected chi connectivity index (χ2v) is 7.21. The van der Waals surface area contributed by atoms with Crippen LogP contribution in [0.15, 0.2) is 24.3 Å². The second kappa shape index (κ2) is 6.51. The highest BCUT2D eigenvalue weighted by Gasteiger charge is 2.33. The van der Waals surface area contributed by atoms with Crippen molar-refractivity contribution in [1.82, 2.24) is 0 Å². The van der Waals surface area contributed by atoms with Crippen LogP contribution in [0, 0.1) is 11.2 Å². The van der Waals surface area contributed by atoms with E-state index in [4.69, 9.17) is 0 Å². The molecule has 0 bridgehead atoms. The third kappa shape index (κ3) is 4.06. The summed E-state index contributed by atoms with van der Waals surface area (Å²) in [4.78, 5) is 0. The zero-order valence-corrected chi connectivity index (χ0v) is 14.4. The van der Waals surface area contributed by atoms with Crippen LogP contribution in [0.25, 0.3) is 0 Å². The van der Waals surface area contributed by atoms with Crippen LogP contribution in [0.4, 0.5) is 4.39 Å². The van der Waals surface area contributed by atoms with E-state index in [0.717, 1.165) is 29.1 Å². The lowest BCUT2D eigenvalue weighted by molar-refractivity contribution is 0.317. The van der Waals surface area contributed by atoms with Gasteiger partial charge in [-0.25, -0.2) is 4.39 Å². The number of hydrogen-bond acceptors (Lipinski definition) is 0. The summed E-state index contributed by atoms with van der Waals surface area (Å²) in [5.41, 5.74) is 0.905. The van der Waals surface area contributed by atoms with Crippen LogP contribution in [0.5, 0.6) is 0 Å². The lowest BCUT2D eigenvalue weighted by Gasteiger charge is -2.33. The van der Waals surface area contributed by atoms with Crippen LogP contribution >= 0.6 is 31.9 Å².